The van der Waals surface area contributed by atoms with Crippen LogP contribution in [0.2, 0.25) is 0 Å². The molecule has 4 nitrogen and oxygen atoms in total. The molecule has 0 saturated heterocycles. The molecule has 0 spiro atoms. The molecule has 0 aliphatic rings. The minimum Gasteiger partial charge on any atom is -0.462 e. The molecule has 0 aliphatic heterocycles. The summed E-state index contributed by atoms with van der Waals surface area (Å²) in [6.45, 7) is 2.05. The second kappa shape index (κ2) is 6.79. The average molecular weight is 372 g/mol. The number of benzene rings is 2. The highest BCUT2D eigenvalue weighted by atomic mass is 79.9. The molecule has 0 saturated carbocycles. The maximum atomic E-state index is 12.5. The van der Waals surface area contributed by atoms with E-state index in [0.717, 1.165) is 15.6 Å². The van der Waals surface area contributed by atoms with Crippen LogP contribution in [-0.2, 0) is 4.74 Å². The Morgan fingerprint density at radius 1 is 1.13 bits per heavy atom. The van der Waals surface area contributed by atoms with Gasteiger partial charge in [0.1, 0.15) is 11.3 Å². The van der Waals surface area contributed by atoms with Gasteiger partial charge in [-0.05, 0) is 19.1 Å². The van der Waals surface area contributed by atoms with Gasteiger partial charge in [0.15, 0.2) is 5.76 Å². The molecule has 0 fully saturated rings. The summed E-state index contributed by atoms with van der Waals surface area (Å²) in [4.78, 5) is 12.5. The third-order valence-corrected chi connectivity index (χ3v) is 4.03. The summed E-state index contributed by atoms with van der Waals surface area (Å²) in [7, 11) is 0. The molecule has 0 N–H and O–H groups in total. The third-order valence-electron chi connectivity index (χ3n) is 3.34. The van der Waals surface area contributed by atoms with Gasteiger partial charge in [-0.2, -0.15) is 0 Å². The van der Waals surface area contributed by atoms with E-state index >= 15 is 0 Å². The van der Waals surface area contributed by atoms with Gasteiger partial charge in [-0.15, -0.1) is 0 Å². The first-order chi connectivity index (χ1) is 11.2. The number of nitrogens with zero attached hydrogens (tertiary/aromatic N) is 1. The number of hydrogen-bond acceptors (Lipinski definition) is 4. The fourth-order valence-electron chi connectivity index (χ4n) is 2.31. The zero-order valence-corrected chi connectivity index (χ0v) is 14.0. The molecule has 0 atom stereocenters. The van der Waals surface area contributed by atoms with E-state index in [1.807, 2.05) is 54.6 Å². The van der Waals surface area contributed by atoms with Crippen molar-refractivity contribution in [1.29, 1.82) is 0 Å². The number of aromatic nitrogens is 1. The van der Waals surface area contributed by atoms with Crippen molar-refractivity contribution in [3.63, 3.8) is 0 Å². The summed E-state index contributed by atoms with van der Waals surface area (Å²) in [6, 6.07) is 17.0. The second-order valence-corrected chi connectivity index (χ2v) is 5.66. The van der Waals surface area contributed by atoms with Crippen molar-refractivity contribution in [1.82, 2.24) is 5.16 Å². The molecular weight excluding hydrogens is 358 g/mol. The lowest BCUT2D eigenvalue weighted by atomic mass is 10.0. The SMILES string of the molecule is CCOC(=O)c1c(-c2ccccc2)noc1-c1ccccc1Br. The highest BCUT2D eigenvalue weighted by molar-refractivity contribution is 9.10. The monoisotopic (exact) mass is 371 g/mol. The van der Waals surface area contributed by atoms with Crippen LogP contribution in [0.4, 0.5) is 0 Å². The van der Waals surface area contributed by atoms with E-state index in [1.54, 1.807) is 6.92 Å². The zero-order valence-electron chi connectivity index (χ0n) is 12.5. The molecule has 0 radical (unpaired) electrons. The van der Waals surface area contributed by atoms with E-state index in [4.69, 9.17) is 9.26 Å². The van der Waals surface area contributed by atoms with Gasteiger partial charge in [0.2, 0.25) is 0 Å². The summed E-state index contributed by atoms with van der Waals surface area (Å²) in [5.41, 5.74) is 2.38. The smallest absolute Gasteiger partial charge is 0.344 e. The lowest BCUT2D eigenvalue weighted by molar-refractivity contribution is 0.0527. The lowest BCUT2D eigenvalue weighted by Crippen LogP contribution is -2.06. The van der Waals surface area contributed by atoms with Crippen molar-refractivity contribution in [3.8, 4) is 22.6 Å². The average Bonchev–Trinajstić information content (AvgIpc) is 3.01. The number of hydrogen-bond donors (Lipinski definition) is 0. The Morgan fingerprint density at radius 2 is 1.83 bits per heavy atom. The van der Waals surface area contributed by atoms with Gasteiger partial charge in [0.25, 0.3) is 0 Å². The first kappa shape index (κ1) is 15.5. The first-order valence-electron chi connectivity index (χ1n) is 7.19. The molecule has 0 unspecified atom stereocenters. The quantitative estimate of drug-likeness (QED) is 0.609. The van der Waals surface area contributed by atoms with Crippen LogP contribution in [0.1, 0.15) is 17.3 Å². The molecule has 1 aromatic heterocycles. The summed E-state index contributed by atoms with van der Waals surface area (Å²) in [5.74, 6) is -0.0480. The molecule has 0 amide bonds. The van der Waals surface area contributed by atoms with Crippen molar-refractivity contribution >= 4 is 21.9 Å². The maximum absolute atomic E-state index is 12.5. The summed E-state index contributed by atoms with van der Waals surface area (Å²) in [6.07, 6.45) is 0. The van der Waals surface area contributed by atoms with E-state index in [-0.39, 0.29) is 6.61 Å². The molecule has 116 valence electrons. The van der Waals surface area contributed by atoms with Gasteiger partial charge < -0.3 is 9.26 Å². The Hall–Kier alpha value is -2.40. The summed E-state index contributed by atoms with van der Waals surface area (Å²) < 4.78 is 11.5. The zero-order chi connectivity index (χ0) is 16.2. The third kappa shape index (κ3) is 3.05. The van der Waals surface area contributed by atoms with Gasteiger partial charge in [0, 0.05) is 15.6 Å². The molecule has 1 heterocycles. The van der Waals surface area contributed by atoms with Gasteiger partial charge in [0.05, 0.1) is 6.61 Å². The number of halogens is 1. The molecule has 23 heavy (non-hydrogen) atoms. The van der Waals surface area contributed by atoms with E-state index < -0.39 is 5.97 Å². The van der Waals surface area contributed by atoms with Gasteiger partial charge in [-0.1, -0.05) is 63.6 Å². The Balaban J connectivity index is 2.20. The van der Waals surface area contributed by atoms with E-state index in [2.05, 4.69) is 21.1 Å². The minimum absolute atomic E-state index is 0.285. The minimum atomic E-state index is -0.446. The van der Waals surface area contributed by atoms with E-state index in [0.29, 0.717) is 17.0 Å². The Morgan fingerprint density at radius 3 is 2.52 bits per heavy atom. The fourth-order valence-corrected chi connectivity index (χ4v) is 2.77. The highest BCUT2D eigenvalue weighted by Gasteiger charge is 2.27. The summed E-state index contributed by atoms with van der Waals surface area (Å²) in [5, 5.41) is 4.11. The molecule has 0 aliphatic carbocycles. The normalized spacial score (nSPS) is 10.5. The van der Waals surface area contributed by atoms with E-state index in [1.165, 1.54) is 0 Å². The highest BCUT2D eigenvalue weighted by Crippen LogP contribution is 2.36. The molecule has 0 bridgehead atoms. The molecule has 2 aromatic carbocycles. The number of rotatable bonds is 4. The van der Waals surface area contributed by atoms with Crippen molar-refractivity contribution < 1.29 is 14.1 Å². The lowest BCUT2D eigenvalue weighted by Gasteiger charge is -2.05. The Kier molecular flexibility index (Phi) is 4.57. The number of carbonyl (C=O) groups is 1. The van der Waals surface area contributed by atoms with Crippen LogP contribution in [-0.4, -0.2) is 17.7 Å². The number of esters is 1. The van der Waals surface area contributed by atoms with E-state index in [9.17, 15) is 4.79 Å². The van der Waals surface area contributed by atoms with Crippen molar-refractivity contribution in [3.05, 3.63) is 64.6 Å². The molecule has 5 heteroatoms. The fraction of sp³-hybridized carbons (Fsp3) is 0.111. The van der Waals surface area contributed by atoms with Crippen LogP contribution in [0.5, 0.6) is 0 Å². The first-order valence-corrected chi connectivity index (χ1v) is 7.98. The van der Waals surface area contributed by atoms with Crippen LogP contribution in [0.15, 0.2) is 63.6 Å². The Bertz CT molecular complexity index is 827. The summed E-state index contributed by atoms with van der Waals surface area (Å²) >= 11 is 3.48. The van der Waals surface area contributed by atoms with Gasteiger partial charge in [-0.3, -0.25) is 0 Å². The van der Waals surface area contributed by atoms with Crippen LogP contribution in [0.25, 0.3) is 22.6 Å². The van der Waals surface area contributed by atoms with Gasteiger partial charge in [-0.25, -0.2) is 4.79 Å². The predicted molar refractivity (Wildman–Crippen MR) is 91.0 cm³/mol. The van der Waals surface area contributed by atoms with Crippen LogP contribution >= 0.6 is 15.9 Å². The number of carbonyl (C=O) groups excluding carboxylic acids is 1. The van der Waals surface area contributed by atoms with Crippen molar-refractivity contribution in [2.75, 3.05) is 6.61 Å². The number of ether oxygens (including phenoxy) is 1. The van der Waals surface area contributed by atoms with Crippen LogP contribution in [0, 0.1) is 0 Å². The van der Waals surface area contributed by atoms with Crippen molar-refractivity contribution in [2.24, 2.45) is 0 Å². The molecule has 3 aromatic rings. The standard InChI is InChI=1S/C18H14BrNO3/c1-2-22-18(21)15-16(12-8-4-3-5-9-12)20-23-17(15)13-10-6-7-11-14(13)19/h3-11H,2H2,1H3. The Labute approximate surface area is 142 Å². The topological polar surface area (TPSA) is 52.3 Å². The largest absolute Gasteiger partial charge is 0.462 e. The molecule has 3 rings (SSSR count). The van der Waals surface area contributed by atoms with Gasteiger partial charge >= 0.3 is 5.97 Å². The van der Waals surface area contributed by atoms with Crippen molar-refractivity contribution in [2.45, 2.75) is 6.92 Å². The predicted octanol–water partition coefficient (Wildman–Crippen LogP) is 4.95. The molecular formula is C18H14BrNO3. The van der Waals surface area contributed by atoms with Crippen LogP contribution < -0.4 is 0 Å². The van der Waals surface area contributed by atoms with Crippen LogP contribution in [0.3, 0.4) is 0 Å². The second-order valence-electron chi connectivity index (χ2n) is 4.80. The maximum Gasteiger partial charge on any atom is 0.344 e.